The first-order valence-corrected chi connectivity index (χ1v) is 5.14. The van der Waals surface area contributed by atoms with Gasteiger partial charge in [0.1, 0.15) is 23.7 Å². The predicted octanol–water partition coefficient (Wildman–Crippen LogP) is 1.91. The van der Waals surface area contributed by atoms with Gasteiger partial charge in [-0.25, -0.2) is 4.39 Å². The molecule has 0 saturated heterocycles. The van der Waals surface area contributed by atoms with E-state index in [2.05, 4.69) is 0 Å². The molecule has 4 nitrogen and oxygen atoms in total. The average Bonchev–Trinajstić information content (AvgIpc) is 2.24. The third-order valence-electron chi connectivity index (χ3n) is 2.33. The highest BCUT2D eigenvalue weighted by Crippen LogP contribution is 2.22. The zero-order valence-electron chi connectivity index (χ0n) is 9.64. The molecule has 0 aliphatic heterocycles. The Labute approximate surface area is 98.9 Å². The second-order valence-corrected chi connectivity index (χ2v) is 3.82. The molecule has 0 heterocycles. The lowest BCUT2D eigenvalue weighted by Crippen LogP contribution is -2.37. The number of hydrogen-bond acceptors (Lipinski definition) is 3. The normalized spacial score (nSPS) is 10.1. The van der Waals surface area contributed by atoms with Crippen LogP contribution in [0.5, 0.6) is 5.75 Å². The first-order valence-electron chi connectivity index (χ1n) is 5.14. The lowest BCUT2D eigenvalue weighted by atomic mass is 10.1. The smallest absolute Gasteiger partial charge is 0.261 e. The Morgan fingerprint density at radius 2 is 2.24 bits per heavy atom. The van der Waals surface area contributed by atoms with Crippen LogP contribution in [0.4, 0.5) is 4.39 Å². The largest absolute Gasteiger partial charge is 0.507 e. The Morgan fingerprint density at radius 3 is 2.71 bits per heavy atom. The standard InChI is InChI=1S/C12H13FN2O2/c1-8(2)15(7-6-14)12(17)11-9(13)4-3-5-10(11)16/h3-5,8,16H,7H2,1-2H3. The van der Waals surface area contributed by atoms with Crippen LogP contribution in [-0.2, 0) is 0 Å². The zero-order valence-corrected chi connectivity index (χ0v) is 9.64. The summed E-state index contributed by atoms with van der Waals surface area (Å²) in [6.45, 7) is 3.28. The zero-order chi connectivity index (χ0) is 13.0. The van der Waals surface area contributed by atoms with E-state index in [9.17, 15) is 14.3 Å². The molecule has 0 unspecified atom stereocenters. The minimum atomic E-state index is -0.793. The molecule has 0 saturated carbocycles. The Bertz CT molecular complexity index is 446. The minimum Gasteiger partial charge on any atom is -0.507 e. The molecule has 0 atom stereocenters. The van der Waals surface area contributed by atoms with Crippen LogP contribution in [0.3, 0.4) is 0 Å². The van der Waals surface area contributed by atoms with Crippen molar-refractivity contribution in [2.24, 2.45) is 0 Å². The van der Waals surface area contributed by atoms with Gasteiger partial charge in [-0.05, 0) is 26.0 Å². The number of carbonyl (C=O) groups is 1. The van der Waals surface area contributed by atoms with Gasteiger partial charge >= 0.3 is 0 Å². The Kier molecular flexibility index (Phi) is 4.05. The van der Waals surface area contributed by atoms with E-state index in [1.54, 1.807) is 13.8 Å². The van der Waals surface area contributed by atoms with Crippen molar-refractivity contribution in [3.05, 3.63) is 29.6 Å². The quantitative estimate of drug-likeness (QED) is 0.815. The Hall–Kier alpha value is -2.09. The van der Waals surface area contributed by atoms with Crippen molar-refractivity contribution in [3.63, 3.8) is 0 Å². The van der Waals surface area contributed by atoms with Gasteiger partial charge in [-0.1, -0.05) is 6.07 Å². The van der Waals surface area contributed by atoms with E-state index in [0.717, 1.165) is 6.07 Å². The number of amides is 1. The summed E-state index contributed by atoms with van der Waals surface area (Å²) >= 11 is 0. The summed E-state index contributed by atoms with van der Waals surface area (Å²) in [5, 5.41) is 18.1. The number of carbonyl (C=O) groups excluding carboxylic acids is 1. The van der Waals surface area contributed by atoms with Gasteiger partial charge < -0.3 is 10.0 Å². The van der Waals surface area contributed by atoms with Crippen molar-refractivity contribution in [2.75, 3.05) is 6.54 Å². The highest BCUT2D eigenvalue weighted by atomic mass is 19.1. The summed E-state index contributed by atoms with van der Waals surface area (Å²) in [6.07, 6.45) is 0. The van der Waals surface area contributed by atoms with Crippen molar-refractivity contribution in [1.29, 1.82) is 5.26 Å². The van der Waals surface area contributed by atoms with E-state index < -0.39 is 23.0 Å². The fraction of sp³-hybridized carbons (Fsp3) is 0.333. The number of rotatable bonds is 3. The molecule has 1 aromatic rings. The number of phenols is 1. The maximum absolute atomic E-state index is 13.5. The third kappa shape index (κ3) is 2.72. The molecule has 0 aliphatic carbocycles. The van der Waals surface area contributed by atoms with Crippen molar-refractivity contribution in [1.82, 2.24) is 4.90 Å². The summed E-state index contributed by atoms with van der Waals surface area (Å²) in [6, 6.07) is 5.23. The van der Waals surface area contributed by atoms with E-state index in [1.807, 2.05) is 6.07 Å². The van der Waals surface area contributed by atoms with E-state index in [-0.39, 0.29) is 12.6 Å². The van der Waals surface area contributed by atoms with E-state index in [4.69, 9.17) is 5.26 Å². The van der Waals surface area contributed by atoms with Gasteiger partial charge in [0.15, 0.2) is 0 Å². The molecule has 0 spiro atoms. The van der Waals surface area contributed by atoms with Gasteiger partial charge in [0.2, 0.25) is 0 Å². The van der Waals surface area contributed by atoms with Crippen molar-refractivity contribution < 1.29 is 14.3 Å². The van der Waals surface area contributed by atoms with Crippen LogP contribution >= 0.6 is 0 Å². The van der Waals surface area contributed by atoms with Gasteiger partial charge in [0.25, 0.3) is 5.91 Å². The molecule has 0 fully saturated rings. The SMILES string of the molecule is CC(C)N(CC#N)C(=O)c1c(O)cccc1F. The van der Waals surface area contributed by atoms with E-state index >= 15 is 0 Å². The molecular formula is C12H13FN2O2. The molecule has 17 heavy (non-hydrogen) atoms. The second-order valence-electron chi connectivity index (χ2n) is 3.82. The summed E-state index contributed by atoms with van der Waals surface area (Å²) in [7, 11) is 0. The molecule has 1 N–H and O–H groups in total. The van der Waals surface area contributed by atoms with Crippen molar-refractivity contribution in [3.8, 4) is 11.8 Å². The van der Waals surface area contributed by atoms with Gasteiger partial charge in [0.05, 0.1) is 6.07 Å². The van der Waals surface area contributed by atoms with Crippen molar-refractivity contribution in [2.45, 2.75) is 19.9 Å². The van der Waals surface area contributed by atoms with Crippen LogP contribution in [0.2, 0.25) is 0 Å². The lowest BCUT2D eigenvalue weighted by molar-refractivity contribution is 0.0723. The topological polar surface area (TPSA) is 64.3 Å². The number of aromatic hydroxyl groups is 1. The van der Waals surface area contributed by atoms with Gasteiger partial charge in [-0.2, -0.15) is 5.26 Å². The number of nitrogens with zero attached hydrogens (tertiary/aromatic N) is 2. The highest BCUT2D eigenvalue weighted by molar-refractivity contribution is 5.97. The average molecular weight is 236 g/mol. The summed E-state index contributed by atoms with van der Waals surface area (Å²) in [5.41, 5.74) is -0.392. The van der Waals surface area contributed by atoms with Crippen molar-refractivity contribution >= 4 is 5.91 Å². The first-order chi connectivity index (χ1) is 7.99. The number of benzene rings is 1. The Morgan fingerprint density at radius 1 is 1.59 bits per heavy atom. The molecular weight excluding hydrogens is 223 g/mol. The molecule has 5 heteroatoms. The van der Waals surface area contributed by atoms with Crippen LogP contribution in [-0.4, -0.2) is 28.5 Å². The maximum atomic E-state index is 13.5. The number of phenolic OH excluding ortho intramolecular Hbond substituents is 1. The number of hydrogen-bond donors (Lipinski definition) is 1. The molecule has 0 bridgehead atoms. The molecule has 0 aromatic heterocycles. The van der Waals surface area contributed by atoms with E-state index in [0.29, 0.717) is 0 Å². The monoisotopic (exact) mass is 236 g/mol. The number of nitriles is 1. The van der Waals surface area contributed by atoms with E-state index in [1.165, 1.54) is 17.0 Å². The predicted molar refractivity (Wildman–Crippen MR) is 59.9 cm³/mol. The fourth-order valence-electron chi connectivity index (χ4n) is 1.43. The molecule has 0 radical (unpaired) electrons. The first kappa shape index (κ1) is 13.0. The van der Waals surface area contributed by atoms with Crippen LogP contribution in [0.1, 0.15) is 24.2 Å². The lowest BCUT2D eigenvalue weighted by Gasteiger charge is -2.24. The van der Waals surface area contributed by atoms with Gasteiger partial charge in [0, 0.05) is 6.04 Å². The van der Waals surface area contributed by atoms with Crippen LogP contribution in [0.15, 0.2) is 18.2 Å². The summed E-state index contributed by atoms with van der Waals surface area (Å²) in [5.74, 6) is -1.89. The van der Waals surface area contributed by atoms with Crippen LogP contribution < -0.4 is 0 Å². The third-order valence-corrected chi connectivity index (χ3v) is 2.33. The molecule has 1 aromatic carbocycles. The molecule has 1 rings (SSSR count). The fourth-order valence-corrected chi connectivity index (χ4v) is 1.43. The molecule has 1 amide bonds. The highest BCUT2D eigenvalue weighted by Gasteiger charge is 2.24. The van der Waals surface area contributed by atoms with Crippen LogP contribution in [0, 0.1) is 17.1 Å². The summed E-state index contributed by atoms with van der Waals surface area (Å²) < 4.78 is 13.5. The summed E-state index contributed by atoms with van der Waals surface area (Å²) in [4.78, 5) is 13.2. The molecule has 90 valence electrons. The number of halogens is 1. The maximum Gasteiger partial charge on any atom is 0.261 e. The Balaban J connectivity index is 3.15. The minimum absolute atomic E-state index is 0.149. The van der Waals surface area contributed by atoms with Gasteiger partial charge in [-0.15, -0.1) is 0 Å². The second kappa shape index (κ2) is 5.30. The van der Waals surface area contributed by atoms with Gasteiger partial charge in [-0.3, -0.25) is 4.79 Å². The molecule has 0 aliphatic rings. The van der Waals surface area contributed by atoms with Crippen LogP contribution in [0.25, 0.3) is 0 Å².